The highest BCUT2D eigenvalue weighted by atomic mass is 32.1. The molecule has 32 heavy (non-hydrogen) atoms. The number of rotatable bonds is 7. The lowest BCUT2D eigenvalue weighted by Crippen LogP contribution is -2.57. The number of Topliss-reactive ketones (excluding diaryl/α,β-unsaturated/α-hetero) is 1. The Bertz CT molecular complexity index is 1070. The lowest BCUT2D eigenvalue weighted by atomic mass is 9.74. The number of piperidine rings is 1. The first-order chi connectivity index (χ1) is 15.5. The van der Waals surface area contributed by atoms with Crippen LogP contribution in [0.4, 0.5) is 9.80 Å². The molecule has 0 radical (unpaired) electrons. The van der Waals surface area contributed by atoms with Gasteiger partial charge in [-0.3, -0.25) is 19.9 Å². The molecule has 1 fully saturated rings. The Labute approximate surface area is 191 Å². The van der Waals surface area contributed by atoms with Crippen LogP contribution in [0.25, 0.3) is 10.1 Å². The number of aliphatic imine (C=N–C) groups is 1. The number of anilines is 1. The number of amides is 3. The van der Waals surface area contributed by atoms with E-state index < -0.39 is 11.5 Å². The third-order valence-corrected chi connectivity index (χ3v) is 7.23. The number of benzene rings is 1. The zero-order chi connectivity index (χ0) is 22.7. The third-order valence-electron chi connectivity index (χ3n) is 6.14. The van der Waals surface area contributed by atoms with Crippen LogP contribution in [0.15, 0.2) is 29.3 Å². The first-order valence-corrected chi connectivity index (χ1v) is 12.0. The van der Waals surface area contributed by atoms with Crippen LogP contribution in [0.2, 0.25) is 0 Å². The summed E-state index contributed by atoms with van der Waals surface area (Å²) in [6, 6.07) is 7.24. The van der Waals surface area contributed by atoms with Crippen molar-refractivity contribution in [2.75, 3.05) is 31.5 Å². The molecule has 4 rings (SSSR count). The number of carbonyl (C=O) groups is 3. The molecule has 8 nitrogen and oxygen atoms in total. The Hall–Kier alpha value is -2.78. The Morgan fingerprint density at radius 1 is 1.31 bits per heavy atom. The maximum absolute atomic E-state index is 14.0. The van der Waals surface area contributed by atoms with Crippen LogP contribution in [0.5, 0.6) is 0 Å². The van der Waals surface area contributed by atoms with Gasteiger partial charge in [0.15, 0.2) is 11.3 Å². The van der Waals surface area contributed by atoms with Gasteiger partial charge in [0.05, 0.1) is 17.8 Å². The third kappa shape index (κ3) is 3.91. The number of ketones is 1. The minimum Gasteiger partial charge on any atom is -0.338 e. The average Bonchev–Trinajstić information content (AvgIpc) is 3.30. The zero-order valence-electron chi connectivity index (χ0n) is 18.4. The molecule has 2 unspecified atom stereocenters. The van der Waals surface area contributed by atoms with Gasteiger partial charge in [-0.15, -0.1) is 11.3 Å². The van der Waals surface area contributed by atoms with Crippen LogP contribution in [-0.4, -0.2) is 60.7 Å². The number of hydrogen-bond donors (Lipinski definition) is 3. The number of thiophene rings is 1. The van der Waals surface area contributed by atoms with Crippen LogP contribution in [0.1, 0.15) is 43.5 Å². The van der Waals surface area contributed by atoms with E-state index in [1.807, 2.05) is 31.2 Å². The quantitative estimate of drug-likeness (QED) is 0.558. The smallest absolute Gasteiger partial charge is 0.319 e. The van der Waals surface area contributed by atoms with Crippen LogP contribution < -0.4 is 16.0 Å². The topological polar surface area (TPSA) is 103 Å². The molecule has 1 aromatic carbocycles. The number of unbranched alkanes of at least 4 members (excludes halogenated alkanes) is 1. The minimum absolute atomic E-state index is 0.0939. The van der Waals surface area contributed by atoms with E-state index in [1.165, 1.54) is 11.3 Å². The summed E-state index contributed by atoms with van der Waals surface area (Å²) in [6.07, 6.45) is 3.95. The van der Waals surface area contributed by atoms with Gasteiger partial charge in [0.2, 0.25) is 0 Å². The van der Waals surface area contributed by atoms with E-state index in [4.69, 9.17) is 0 Å². The van der Waals surface area contributed by atoms with E-state index in [0.29, 0.717) is 43.2 Å². The molecule has 0 saturated carbocycles. The number of carbonyl (C=O) groups excluding carboxylic acids is 3. The maximum Gasteiger partial charge on any atom is 0.319 e. The van der Waals surface area contributed by atoms with E-state index >= 15 is 0 Å². The van der Waals surface area contributed by atoms with Crippen molar-refractivity contribution < 1.29 is 14.4 Å². The standard InChI is InChI=1S/C23H29N5O3S/c1-3-5-12-28-14-26-23(21(28)30)10-11-24-13-16(23)19(29)18-15-8-6-7-9-17(15)32-20(18)27-22(31)25-4-2/h6-9,14,16,24H,3-5,10-13H2,1-2H3,(H2,25,27,31). The molecular formula is C23H29N5O3S. The number of hydrogen-bond acceptors (Lipinski definition) is 6. The fourth-order valence-corrected chi connectivity index (χ4v) is 5.57. The fourth-order valence-electron chi connectivity index (χ4n) is 4.47. The van der Waals surface area contributed by atoms with Crippen molar-refractivity contribution >= 4 is 50.5 Å². The SMILES string of the molecule is CCCCN1C=NC2(CCNCC2C(=O)c2c(NC(=O)NCC)sc3ccccc23)C1=O. The minimum atomic E-state index is -1.08. The normalized spacial score (nSPS) is 22.6. The van der Waals surface area contributed by atoms with E-state index in [1.54, 1.807) is 11.2 Å². The van der Waals surface area contributed by atoms with Gasteiger partial charge in [0, 0.05) is 29.7 Å². The highest BCUT2D eigenvalue weighted by Gasteiger charge is 2.54. The van der Waals surface area contributed by atoms with Gasteiger partial charge < -0.3 is 15.5 Å². The van der Waals surface area contributed by atoms with Crippen molar-refractivity contribution in [3.63, 3.8) is 0 Å². The van der Waals surface area contributed by atoms with Gasteiger partial charge in [0.1, 0.15) is 5.00 Å². The van der Waals surface area contributed by atoms with Crippen LogP contribution in [0.3, 0.4) is 0 Å². The summed E-state index contributed by atoms with van der Waals surface area (Å²) in [5.41, 5.74) is -0.623. The molecule has 170 valence electrons. The molecule has 0 bridgehead atoms. The lowest BCUT2D eigenvalue weighted by molar-refractivity contribution is -0.133. The van der Waals surface area contributed by atoms with Gasteiger partial charge in [-0.05, 0) is 32.4 Å². The summed E-state index contributed by atoms with van der Waals surface area (Å²) in [6.45, 7) is 6.00. The Morgan fingerprint density at radius 3 is 2.91 bits per heavy atom. The monoisotopic (exact) mass is 455 g/mol. The summed E-state index contributed by atoms with van der Waals surface area (Å²) in [4.78, 5) is 46.0. The number of urea groups is 1. The van der Waals surface area contributed by atoms with Gasteiger partial charge in [0.25, 0.3) is 5.91 Å². The van der Waals surface area contributed by atoms with Crippen LogP contribution >= 0.6 is 11.3 Å². The second kappa shape index (κ2) is 9.38. The predicted molar refractivity (Wildman–Crippen MR) is 128 cm³/mol. The van der Waals surface area contributed by atoms with Gasteiger partial charge in [-0.25, -0.2) is 4.79 Å². The van der Waals surface area contributed by atoms with E-state index in [9.17, 15) is 14.4 Å². The number of fused-ring (bicyclic) bond motifs is 1. The molecule has 2 atom stereocenters. The molecule has 2 aromatic rings. The molecule has 2 aliphatic heterocycles. The Morgan fingerprint density at radius 2 is 2.12 bits per heavy atom. The highest BCUT2D eigenvalue weighted by molar-refractivity contribution is 7.23. The summed E-state index contributed by atoms with van der Waals surface area (Å²) in [7, 11) is 0. The average molecular weight is 456 g/mol. The largest absolute Gasteiger partial charge is 0.338 e. The zero-order valence-corrected chi connectivity index (χ0v) is 19.3. The summed E-state index contributed by atoms with van der Waals surface area (Å²) < 4.78 is 0.909. The van der Waals surface area contributed by atoms with Crippen molar-refractivity contribution in [1.82, 2.24) is 15.5 Å². The second-order valence-electron chi connectivity index (χ2n) is 8.18. The van der Waals surface area contributed by atoms with Crippen molar-refractivity contribution in [2.24, 2.45) is 10.9 Å². The molecule has 1 spiro atoms. The van der Waals surface area contributed by atoms with Crippen LogP contribution in [0, 0.1) is 5.92 Å². The number of nitrogens with zero attached hydrogens (tertiary/aromatic N) is 2. The second-order valence-corrected chi connectivity index (χ2v) is 9.23. The van der Waals surface area contributed by atoms with E-state index in [0.717, 1.165) is 22.9 Å². The fraction of sp³-hybridized carbons (Fsp3) is 0.478. The molecule has 1 aromatic heterocycles. The maximum atomic E-state index is 14.0. The van der Waals surface area contributed by atoms with Crippen LogP contribution in [-0.2, 0) is 4.79 Å². The van der Waals surface area contributed by atoms with Crippen molar-refractivity contribution in [2.45, 2.75) is 38.6 Å². The molecule has 0 aliphatic carbocycles. The Balaban J connectivity index is 1.72. The first kappa shape index (κ1) is 22.4. The molecular weight excluding hydrogens is 426 g/mol. The Kier molecular flexibility index (Phi) is 6.57. The lowest BCUT2D eigenvalue weighted by Gasteiger charge is -2.37. The van der Waals surface area contributed by atoms with Gasteiger partial charge >= 0.3 is 6.03 Å². The summed E-state index contributed by atoms with van der Waals surface area (Å²) in [5.74, 6) is -0.896. The molecule has 1 saturated heterocycles. The first-order valence-electron chi connectivity index (χ1n) is 11.2. The molecule has 3 amide bonds. The van der Waals surface area contributed by atoms with Crippen molar-refractivity contribution in [1.29, 1.82) is 0 Å². The van der Waals surface area contributed by atoms with Crippen molar-refractivity contribution in [3.8, 4) is 0 Å². The molecule has 3 heterocycles. The highest BCUT2D eigenvalue weighted by Crippen LogP contribution is 2.42. The van der Waals surface area contributed by atoms with E-state index in [-0.39, 0.29) is 17.7 Å². The number of nitrogens with one attached hydrogen (secondary N) is 3. The molecule has 3 N–H and O–H groups in total. The van der Waals surface area contributed by atoms with E-state index in [2.05, 4.69) is 27.9 Å². The van der Waals surface area contributed by atoms with Crippen molar-refractivity contribution in [3.05, 3.63) is 29.8 Å². The summed E-state index contributed by atoms with van der Waals surface area (Å²) in [5, 5.41) is 10.1. The molecule has 2 aliphatic rings. The summed E-state index contributed by atoms with van der Waals surface area (Å²) >= 11 is 1.37. The molecule has 9 heteroatoms. The van der Waals surface area contributed by atoms with Gasteiger partial charge in [-0.2, -0.15) is 0 Å². The predicted octanol–water partition coefficient (Wildman–Crippen LogP) is 3.24. The van der Waals surface area contributed by atoms with Gasteiger partial charge in [-0.1, -0.05) is 31.5 Å².